The van der Waals surface area contributed by atoms with Crippen molar-refractivity contribution < 1.29 is 23.2 Å². The zero-order chi connectivity index (χ0) is 28.2. The Morgan fingerprint density at radius 1 is 1.21 bits per heavy atom. The first-order chi connectivity index (χ1) is 18.6. The number of anilines is 1. The van der Waals surface area contributed by atoms with Crippen molar-refractivity contribution in [3.63, 3.8) is 0 Å². The Hall–Kier alpha value is -3.85. The number of fused-ring (bicyclic) bond motifs is 1. The summed E-state index contributed by atoms with van der Waals surface area (Å²) < 4.78 is 27.4. The predicted molar refractivity (Wildman–Crippen MR) is 141 cm³/mol. The van der Waals surface area contributed by atoms with Crippen molar-refractivity contribution in [1.82, 2.24) is 20.5 Å². The number of aromatic nitrogens is 1. The number of hydrogen-bond donors (Lipinski definition) is 3. The minimum Gasteiger partial charge on any atom is -0.373 e. The second kappa shape index (κ2) is 11.9. The van der Waals surface area contributed by atoms with E-state index in [2.05, 4.69) is 15.6 Å². The van der Waals surface area contributed by atoms with Crippen LogP contribution in [0.1, 0.15) is 42.5 Å². The summed E-state index contributed by atoms with van der Waals surface area (Å²) in [6.45, 7) is -0.357. The molecule has 1 aromatic heterocycles. The van der Waals surface area contributed by atoms with E-state index in [9.17, 15) is 23.2 Å². The summed E-state index contributed by atoms with van der Waals surface area (Å²) in [6, 6.07) is 7.63. The Bertz CT molecular complexity index is 1270. The monoisotopic (exact) mass is 541 g/mol. The molecule has 1 aliphatic carbocycles. The molecule has 2 fully saturated rings. The van der Waals surface area contributed by atoms with Crippen molar-refractivity contribution in [2.75, 3.05) is 38.1 Å². The Morgan fingerprint density at radius 3 is 2.67 bits per heavy atom. The number of nitrogens with one attached hydrogen (secondary N) is 2. The van der Waals surface area contributed by atoms with Crippen LogP contribution in [0.3, 0.4) is 0 Å². The van der Waals surface area contributed by atoms with Gasteiger partial charge in [-0.05, 0) is 49.9 Å². The van der Waals surface area contributed by atoms with Crippen LogP contribution in [-0.2, 0) is 9.59 Å². The van der Waals surface area contributed by atoms with Crippen LogP contribution in [0.4, 0.5) is 14.5 Å². The maximum atomic E-state index is 13.7. The van der Waals surface area contributed by atoms with Crippen LogP contribution in [0, 0.1) is 17.2 Å². The molecule has 1 saturated carbocycles. The number of carbonyl (C=O) groups excluding carboxylic acids is 3. The van der Waals surface area contributed by atoms with E-state index in [-0.39, 0.29) is 23.4 Å². The molecule has 2 aliphatic rings. The van der Waals surface area contributed by atoms with E-state index >= 15 is 0 Å². The topological polar surface area (TPSA) is 144 Å². The fraction of sp³-hybridized carbons (Fsp3) is 0.519. The summed E-state index contributed by atoms with van der Waals surface area (Å²) in [4.78, 5) is 45.0. The first-order valence-corrected chi connectivity index (χ1v) is 13.1. The molecule has 1 saturated heterocycles. The molecule has 2 aromatic rings. The number of halogens is 2. The standard InChI is InChI=1S/C27H33F2N7O3/c1-35(11-10-33-25(38)17-2-4-18(31)5-3-17)19-6-7-23-22(12-19)21(8-9-32-23)26(39)34-15-24(37)36-16-27(28,29)13-20(36)14-30/h6-9,12,17-18,20H,2-5,10-11,13,15-16,31H2,1H3,(H,33,38)(H,34,39)/t17?,18?,20-/m0/s1. The van der Waals surface area contributed by atoms with Gasteiger partial charge in [-0.2, -0.15) is 5.26 Å². The highest BCUT2D eigenvalue weighted by Gasteiger charge is 2.47. The molecule has 0 unspecified atom stereocenters. The molecule has 2 heterocycles. The van der Waals surface area contributed by atoms with E-state index in [1.54, 1.807) is 18.2 Å². The summed E-state index contributed by atoms with van der Waals surface area (Å²) in [5, 5.41) is 15.1. The van der Waals surface area contributed by atoms with Gasteiger partial charge in [0.25, 0.3) is 11.8 Å². The van der Waals surface area contributed by atoms with Crippen molar-refractivity contribution in [1.29, 1.82) is 5.26 Å². The molecule has 1 aliphatic heterocycles. The van der Waals surface area contributed by atoms with Crippen LogP contribution >= 0.6 is 0 Å². The molecule has 0 spiro atoms. The second-order valence-corrected chi connectivity index (χ2v) is 10.3. The largest absolute Gasteiger partial charge is 0.373 e. The van der Waals surface area contributed by atoms with Gasteiger partial charge in [-0.1, -0.05) is 0 Å². The lowest BCUT2D eigenvalue weighted by Crippen LogP contribution is -2.43. The zero-order valence-corrected chi connectivity index (χ0v) is 21.8. The first-order valence-electron chi connectivity index (χ1n) is 13.1. The highest BCUT2D eigenvalue weighted by molar-refractivity contribution is 6.07. The normalized spacial score (nSPS) is 22.2. The van der Waals surface area contributed by atoms with E-state index in [4.69, 9.17) is 11.0 Å². The summed E-state index contributed by atoms with van der Waals surface area (Å²) in [6.07, 6.45) is 4.10. The fourth-order valence-electron chi connectivity index (χ4n) is 5.12. The average Bonchev–Trinajstić information content (AvgIpc) is 3.25. The highest BCUT2D eigenvalue weighted by atomic mass is 19.3. The van der Waals surface area contributed by atoms with E-state index in [0.29, 0.717) is 24.0 Å². The average molecular weight is 542 g/mol. The predicted octanol–water partition coefficient (Wildman–Crippen LogP) is 1.79. The fourth-order valence-corrected chi connectivity index (χ4v) is 5.12. The van der Waals surface area contributed by atoms with Crippen molar-refractivity contribution in [3.8, 4) is 6.07 Å². The lowest BCUT2D eigenvalue weighted by atomic mass is 9.86. The van der Waals surface area contributed by atoms with Crippen molar-refractivity contribution >= 4 is 34.3 Å². The highest BCUT2D eigenvalue weighted by Crippen LogP contribution is 2.31. The third-order valence-electron chi connectivity index (χ3n) is 7.44. The number of rotatable bonds is 8. The molecule has 39 heavy (non-hydrogen) atoms. The van der Waals surface area contributed by atoms with Gasteiger partial charge >= 0.3 is 0 Å². The van der Waals surface area contributed by atoms with Crippen molar-refractivity contribution in [2.24, 2.45) is 11.7 Å². The molecule has 0 radical (unpaired) electrons. The van der Waals surface area contributed by atoms with Gasteiger partial charge < -0.3 is 26.2 Å². The van der Waals surface area contributed by atoms with Gasteiger partial charge in [-0.15, -0.1) is 0 Å². The molecule has 3 amide bonds. The Balaban J connectivity index is 1.36. The third kappa shape index (κ3) is 6.78. The molecule has 1 atom stereocenters. The summed E-state index contributed by atoms with van der Waals surface area (Å²) in [7, 11) is 1.87. The number of benzene rings is 1. The van der Waals surface area contributed by atoms with Crippen LogP contribution in [-0.4, -0.2) is 78.8 Å². The molecule has 0 bridgehead atoms. The summed E-state index contributed by atoms with van der Waals surface area (Å²) in [5.74, 6) is -4.39. The van der Waals surface area contributed by atoms with E-state index < -0.39 is 43.3 Å². The van der Waals surface area contributed by atoms with E-state index in [1.165, 1.54) is 12.3 Å². The lowest BCUT2D eigenvalue weighted by molar-refractivity contribution is -0.131. The van der Waals surface area contributed by atoms with Gasteiger partial charge in [0.05, 0.1) is 30.2 Å². The smallest absolute Gasteiger partial charge is 0.268 e. The zero-order valence-electron chi connectivity index (χ0n) is 21.8. The van der Waals surface area contributed by atoms with Crippen molar-refractivity contribution in [2.45, 2.75) is 50.1 Å². The molecule has 12 heteroatoms. The number of pyridine rings is 1. The molecule has 4 rings (SSSR count). The minimum atomic E-state index is -3.13. The third-order valence-corrected chi connectivity index (χ3v) is 7.44. The number of likely N-dealkylation sites (tertiary alicyclic amines) is 1. The molecule has 10 nitrogen and oxygen atoms in total. The van der Waals surface area contributed by atoms with Gasteiger partial charge in [0.15, 0.2) is 0 Å². The number of likely N-dealkylation sites (N-methyl/N-ethyl adjacent to an activating group) is 1. The SMILES string of the molecule is CN(CCNC(=O)C1CCC(N)CC1)c1ccc2nccc(C(=O)NCC(=O)N3CC(F)(F)C[C@H]3C#N)c2c1. The maximum absolute atomic E-state index is 13.7. The lowest BCUT2D eigenvalue weighted by Gasteiger charge is -2.26. The number of nitrogens with zero attached hydrogens (tertiary/aromatic N) is 4. The van der Waals surface area contributed by atoms with Gasteiger partial charge in [0, 0.05) is 55.8 Å². The van der Waals surface area contributed by atoms with Gasteiger partial charge in [0.1, 0.15) is 6.04 Å². The molecular weight excluding hydrogens is 508 g/mol. The van der Waals surface area contributed by atoms with E-state index in [1.807, 2.05) is 18.0 Å². The quantitative estimate of drug-likeness (QED) is 0.462. The van der Waals surface area contributed by atoms with Gasteiger partial charge in [0.2, 0.25) is 11.8 Å². The number of amides is 3. The molecular formula is C27H33F2N7O3. The number of nitrogens with two attached hydrogens (primary N) is 1. The van der Waals surface area contributed by atoms with Crippen LogP contribution in [0.5, 0.6) is 0 Å². The summed E-state index contributed by atoms with van der Waals surface area (Å²) >= 11 is 0. The maximum Gasteiger partial charge on any atom is 0.268 e. The number of nitriles is 1. The van der Waals surface area contributed by atoms with Gasteiger partial charge in [-0.25, -0.2) is 8.78 Å². The van der Waals surface area contributed by atoms with Crippen LogP contribution in [0.25, 0.3) is 10.9 Å². The van der Waals surface area contributed by atoms with Gasteiger partial charge in [-0.3, -0.25) is 19.4 Å². The number of carbonyl (C=O) groups is 3. The Kier molecular flexibility index (Phi) is 8.60. The van der Waals surface area contributed by atoms with E-state index in [0.717, 1.165) is 36.3 Å². The molecule has 208 valence electrons. The Labute approximate surface area is 225 Å². The molecule has 4 N–H and O–H groups in total. The van der Waals surface area contributed by atoms with Crippen molar-refractivity contribution in [3.05, 3.63) is 36.0 Å². The second-order valence-electron chi connectivity index (χ2n) is 10.3. The minimum absolute atomic E-state index is 0.00236. The van der Waals surface area contributed by atoms with Crippen LogP contribution in [0.2, 0.25) is 0 Å². The Morgan fingerprint density at radius 2 is 1.95 bits per heavy atom. The first kappa shape index (κ1) is 28.2. The van der Waals surface area contributed by atoms with Crippen LogP contribution < -0.4 is 21.3 Å². The number of hydrogen-bond acceptors (Lipinski definition) is 7. The molecule has 1 aromatic carbocycles. The van der Waals surface area contributed by atoms with Crippen LogP contribution in [0.15, 0.2) is 30.5 Å². The summed E-state index contributed by atoms with van der Waals surface area (Å²) in [5.41, 5.74) is 7.57. The number of alkyl halides is 2.